The summed E-state index contributed by atoms with van der Waals surface area (Å²) in [7, 11) is 1.34. The number of hydrogen-bond donors (Lipinski definition) is 1. The van der Waals surface area contributed by atoms with E-state index >= 15 is 0 Å². The molecule has 0 aliphatic heterocycles. The van der Waals surface area contributed by atoms with Crippen LogP contribution in [0.15, 0.2) is 18.2 Å². The molecule has 0 amide bonds. The number of rotatable bonds is 3. The van der Waals surface area contributed by atoms with Gasteiger partial charge in [0.15, 0.2) is 0 Å². The molecule has 5 heteroatoms. The summed E-state index contributed by atoms with van der Waals surface area (Å²) in [5, 5.41) is 9.24. The van der Waals surface area contributed by atoms with Gasteiger partial charge in [-0.2, -0.15) is 0 Å². The van der Waals surface area contributed by atoms with Gasteiger partial charge >= 0.3 is 5.97 Å². The molecule has 4 nitrogen and oxygen atoms in total. The van der Waals surface area contributed by atoms with E-state index in [4.69, 9.17) is 4.74 Å². The van der Waals surface area contributed by atoms with Crippen molar-refractivity contribution in [2.45, 2.75) is 18.3 Å². The number of ketones is 1. The minimum absolute atomic E-state index is 0.0652. The minimum atomic E-state index is -1.25. The van der Waals surface area contributed by atoms with Gasteiger partial charge in [-0.15, -0.1) is 0 Å². The predicted octanol–water partition coefficient (Wildman–Crippen LogP) is 1.52. The molecule has 0 heterocycles. The topological polar surface area (TPSA) is 63.6 Å². The van der Waals surface area contributed by atoms with Crippen molar-refractivity contribution in [3.8, 4) is 5.75 Å². The van der Waals surface area contributed by atoms with E-state index in [1.54, 1.807) is 0 Å². The number of benzene rings is 1. The second kappa shape index (κ2) is 3.84. The van der Waals surface area contributed by atoms with Crippen LogP contribution in [-0.4, -0.2) is 24.0 Å². The summed E-state index contributed by atoms with van der Waals surface area (Å²) in [6, 6.07) is 3.67. The molecular weight excluding hydrogens is 227 g/mol. The average Bonchev–Trinajstić information content (AvgIpc) is 2.24. The summed E-state index contributed by atoms with van der Waals surface area (Å²) < 4.78 is 18.0. The Hall–Kier alpha value is -1.91. The zero-order chi connectivity index (χ0) is 12.6. The van der Waals surface area contributed by atoms with Crippen LogP contribution in [0.1, 0.15) is 18.4 Å². The standard InChI is InChI=1S/C12H11FO4/c1-17-10-4-7(13)2-3-9(10)12(11(15)16)5-8(14)6-12/h2-4H,5-6H2,1H3,(H,15,16). The van der Waals surface area contributed by atoms with Gasteiger partial charge in [-0.3, -0.25) is 9.59 Å². The first-order chi connectivity index (χ1) is 7.99. The molecule has 0 bridgehead atoms. The van der Waals surface area contributed by atoms with Crippen molar-refractivity contribution in [2.75, 3.05) is 7.11 Å². The monoisotopic (exact) mass is 238 g/mol. The molecule has 0 radical (unpaired) electrons. The highest BCUT2D eigenvalue weighted by atomic mass is 19.1. The normalized spacial score (nSPS) is 17.4. The lowest BCUT2D eigenvalue weighted by atomic mass is 9.63. The first-order valence-electron chi connectivity index (χ1n) is 5.09. The first kappa shape index (κ1) is 11.6. The quantitative estimate of drug-likeness (QED) is 0.867. The smallest absolute Gasteiger partial charge is 0.315 e. The molecule has 17 heavy (non-hydrogen) atoms. The number of carboxylic acids is 1. The van der Waals surface area contributed by atoms with Crippen molar-refractivity contribution in [3.05, 3.63) is 29.6 Å². The zero-order valence-electron chi connectivity index (χ0n) is 9.20. The predicted molar refractivity (Wildman–Crippen MR) is 56.5 cm³/mol. The number of aliphatic carboxylic acids is 1. The molecule has 1 saturated carbocycles. The number of methoxy groups -OCH3 is 1. The number of carboxylic acid groups (broad SMARTS) is 1. The molecule has 0 atom stereocenters. The molecule has 1 aromatic rings. The molecule has 90 valence electrons. The molecule has 0 aromatic heterocycles. The summed E-state index contributed by atoms with van der Waals surface area (Å²) in [6.45, 7) is 0. The van der Waals surface area contributed by atoms with E-state index in [2.05, 4.69) is 0 Å². The highest BCUT2D eigenvalue weighted by molar-refractivity contribution is 6.01. The van der Waals surface area contributed by atoms with Crippen LogP contribution in [0.3, 0.4) is 0 Å². The van der Waals surface area contributed by atoms with Gasteiger partial charge in [-0.05, 0) is 6.07 Å². The zero-order valence-corrected chi connectivity index (χ0v) is 9.20. The average molecular weight is 238 g/mol. The van der Waals surface area contributed by atoms with Crippen LogP contribution >= 0.6 is 0 Å². The Morgan fingerprint density at radius 2 is 2.12 bits per heavy atom. The lowest BCUT2D eigenvalue weighted by Gasteiger charge is -2.37. The molecule has 0 saturated heterocycles. The van der Waals surface area contributed by atoms with E-state index in [9.17, 15) is 19.1 Å². The van der Waals surface area contributed by atoms with Crippen LogP contribution in [0, 0.1) is 5.82 Å². The van der Waals surface area contributed by atoms with Crippen molar-refractivity contribution in [3.63, 3.8) is 0 Å². The third-order valence-electron chi connectivity index (χ3n) is 3.09. The van der Waals surface area contributed by atoms with Crippen molar-refractivity contribution in [2.24, 2.45) is 0 Å². The van der Waals surface area contributed by atoms with Gasteiger partial charge in [-0.25, -0.2) is 4.39 Å². The molecule has 0 unspecified atom stereocenters. The van der Waals surface area contributed by atoms with Gasteiger partial charge in [0.25, 0.3) is 0 Å². The van der Waals surface area contributed by atoms with Crippen molar-refractivity contribution in [1.82, 2.24) is 0 Å². The van der Waals surface area contributed by atoms with E-state index in [-0.39, 0.29) is 24.4 Å². The van der Waals surface area contributed by atoms with Crippen LogP contribution < -0.4 is 4.74 Å². The fourth-order valence-electron chi connectivity index (χ4n) is 2.14. The summed E-state index contributed by atoms with van der Waals surface area (Å²) in [5.41, 5.74) is -0.899. The molecule has 1 aromatic carbocycles. The van der Waals surface area contributed by atoms with Crippen LogP contribution in [0.2, 0.25) is 0 Å². The van der Waals surface area contributed by atoms with Gasteiger partial charge in [0.1, 0.15) is 22.8 Å². The Morgan fingerprint density at radius 1 is 1.47 bits per heavy atom. The maximum Gasteiger partial charge on any atom is 0.315 e. The SMILES string of the molecule is COc1cc(F)ccc1C1(C(=O)O)CC(=O)C1. The van der Waals surface area contributed by atoms with E-state index in [0.717, 1.165) is 6.07 Å². The van der Waals surface area contributed by atoms with Gasteiger partial charge in [0.05, 0.1) is 7.11 Å². The second-order valence-electron chi connectivity index (χ2n) is 4.12. The highest BCUT2D eigenvalue weighted by Crippen LogP contribution is 2.45. The summed E-state index contributed by atoms with van der Waals surface area (Å²) >= 11 is 0. The third kappa shape index (κ3) is 1.67. The number of hydrogen-bond acceptors (Lipinski definition) is 3. The largest absolute Gasteiger partial charge is 0.496 e. The van der Waals surface area contributed by atoms with Crippen LogP contribution in [0.25, 0.3) is 0 Å². The molecule has 2 rings (SSSR count). The van der Waals surface area contributed by atoms with Gasteiger partial charge in [-0.1, -0.05) is 6.07 Å². The number of ether oxygens (including phenoxy) is 1. The minimum Gasteiger partial charge on any atom is -0.496 e. The molecule has 1 N–H and O–H groups in total. The molecule has 1 fully saturated rings. The Kier molecular flexibility index (Phi) is 2.61. The number of carbonyl (C=O) groups excluding carboxylic acids is 1. The van der Waals surface area contributed by atoms with Crippen LogP contribution in [0.5, 0.6) is 5.75 Å². The summed E-state index contributed by atoms with van der Waals surface area (Å²) in [6.07, 6.45) is -0.130. The van der Waals surface area contributed by atoms with Gasteiger partial charge < -0.3 is 9.84 Å². The molecule has 0 spiro atoms. The van der Waals surface area contributed by atoms with Gasteiger partial charge in [0, 0.05) is 24.5 Å². The Balaban J connectivity index is 2.51. The molecular formula is C12H11FO4. The Morgan fingerprint density at radius 3 is 2.59 bits per heavy atom. The lowest BCUT2D eigenvalue weighted by Crippen LogP contribution is -2.48. The molecule has 1 aliphatic carbocycles. The lowest BCUT2D eigenvalue weighted by molar-refractivity contribution is -0.153. The highest BCUT2D eigenvalue weighted by Gasteiger charge is 2.52. The van der Waals surface area contributed by atoms with E-state index in [0.29, 0.717) is 5.56 Å². The maximum atomic E-state index is 13.0. The second-order valence-corrected chi connectivity index (χ2v) is 4.12. The Labute approximate surface area is 97.0 Å². The third-order valence-corrected chi connectivity index (χ3v) is 3.09. The fraction of sp³-hybridized carbons (Fsp3) is 0.333. The molecule has 1 aliphatic rings. The van der Waals surface area contributed by atoms with Crippen molar-refractivity contribution in [1.29, 1.82) is 0 Å². The van der Waals surface area contributed by atoms with Crippen molar-refractivity contribution >= 4 is 11.8 Å². The van der Waals surface area contributed by atoms with Crippen molar-refractivity contribution < 1.29 is 23.8 Å². The first-order valence-corrected chi connectivity index (χ1v) is 5.09. The van der Waals surface area contributed by atoms with Gasteiger partial charge in [0.2, 0.25) is 0 Å². The maximum absolute atomic E-state index is 13.0. The number of Topliss-reactive ketones (excluding diaryl/α,β-unsaturated/α-hetero) is 1. The summed E-state index contributed by atoms with van der Waals surface area (Å²) in [4.78, 5) is 22.4. The number of carbonyl (C=O) groups is 2. The van der Waals surface area contributed by atoms with Crippen LogP contribution in [0.4, 0.5) is 4.39 Å². The summed E-state index contributed by atoms with van der Waals surface area (Å²) in [5.74, 6) is -1.53. The van der Waals surface area contributed by atoms with E-state index in [1.807, 2.05) is 0 Å². The number of halogens is 1. The van der Waals surface area contributed by atoms with Crippen LogP contribution in [-0.2, 0) is 15.0 Å². The fourth-order valence-corrected chi connectivity index (χ4v) is 2.14. The van der Waals surface area contributed by atoms with E-state index in [1.165, 1.54) is 19.2 Å². The van der Waals surface area contributed by atoms with E-state index < -0.39 is 17.2 Å². The Bertz CT molecular complexity index is 487.